The first-order valence-corrected chi connectivity index (χ1v) is 5.80. The average Bonchev–Trinajstić information content (AvgIpc) is 2.84. The zero-order chi connectivity index (χ0) is 12.1. The van der Waals surface area contributed by atoms with E-state index in [2.05, 4.69) is 15.2 Å². The van der Waals surface area contributed by atoms with Crippen LogP contribution in [0.4, 0.5) is 0 Å². The highest BCUT2D eigenvalue weighted by Crippen LogP contribution is 2.00. The molecule has 2 heterocycles. The Labute approximate surface area is 100 Å². The second-order valence-electron chi connectivity index (χ2n) is 3.81. The molecule has 0 unspecified atom stereocenters. The lowest BCUT2D eigenvalue weighted by atomic mass is 10.4. The third-order valence-electron chi connectivity index (χ3n) is 2.75. The minimum Gasteiger partial charge on any atom is -0.378 e. The van der Waals surface area contributed by atoms with E-state index in [9.17, 15) is 0 Å². The first kappa shape index (κ1) is 11.8. The number of guanidine groups is 1. The topological polar surface area (TPSA) is 81.6 Å². The van der Waals surface area contributed by atoms with Gasteiger partial charge in [0, 0.05) is 19.6 Å². The van der Waals surface area contributed by atoms with Gasteiger partial charge in [-0.3, -0.25) is 0 Å². The number of hydrogen-bond donors (Lipinski definition) is 1. The van der Waals surface area contributed by atoms with E-state index in [0.29, 0.717) is 25.7 Å². The van der Waals surface area contributed by atoms with E-state index in [0.717, 1.165) is 25.5 Å². The molecule has 0 amide bonds. The van der Waals surface area contributed by atoms with Crippen molar-refractivity contribution in [3.8, 4) is 0 Å². The highest BCUT2D eigenvalue weighted by atomic mass is 16.5. The molecule has 0 radical (unpaired) electrons. The van der Waals surface area contributed by atoms with Gasteiger partial charge in [0.05, 0.1) is 13.2 Å². The molecule has 17 heavy (non-hydrogen) atoms. The number of aryl methyl sites for hydroxylation is 1. The number of aromatic nitrogens is 3. The van der Waals surface area contributed by atoms with E-state index >= 15 is 0 Å². The standard InChI is InChI=1S/C10H18N6O/c1-2-15-8-13-14-9(15)7-12-10(11)16-3-5-17-6-4-16/h8H,2-7H2,1H3,(H2,11,12). The molecular formula is C10H18N6O. The lowest BCUT2D eigenvalue weighted by Crippen LogP contribution is -2.44. The molecule has 0 bridgehead atoms. The van der Waals surface area contributed by atoms with Gasteiger partial charge in [-0.1, -0.05) is 0 Å². The molecule has 1 aromatic heterocycles. The molecule has 1 aliphatic rings. The summed E-state index contributed by atoms with van der Waals surface area (Å²) < 4.78 is 7.21. The van der Waals surface area contributed by atoms with Crippen LogP contribution in [-0.2, 0) is 17.8 Å². The number of nitrogens with two attached hydrogens (primary N) is 1. The maximum absolute atomic E-state index is 5.92. The molecule has 0 saturated carbocycles. The maximum atomic E-state index is 5.92. The van der Waals surface area contributed by atoms with Gasteiger partial charge in [-0.25, -0.2) is 4.99 Å². The lowest BCUT2D eigenvalue weighted by Gasteiger charge is -2.27. The Morgan fingerprint density at radius 1 is 1.53 bits per heavy atom. The summed E-state index contributed by atoms with van der Waals surface area (Å²) in [4.78, 5) is 6.36. The summed E-state index contributed by atoms with van der Waals surface area (Å²) in [6, 6.07) is 0. The number of hydrogen-bond acceptors (Lipinski definition) is 4. The van der Waals surface area contributed by atoms with Crippen molar-refractivity contribution in [1.29, 1.82) is 0 Å². The van der Waals surface area contributed by atoms with Gasteiger partial charge in [-0.05, 0) is 6.92 Å². The van der Waals surface area contributed by atoms with E-state index < -0.39 is 0 Å². The smallest absolute Gasteiger partial charge is 0.191 e. The fraction of sp³-hybridized carbons (Fsp3) is 0.700. The number of aliphatic imine (C=N–C) groups is 1. The number of nitrogens with zero attached hydrogens (tertiary/aromatic N) is 5. The average molecular weight is 238 g/mol. The largest absolute Gasteiger partial charge is 0.378 e. The lowest BCUT2D eigenvalue weighted by molar-refractivity contribution is 0.0674. The second kappa shape index (κ2) is 5.62. The normalized spacial score (nSPS) is 17.5. The van der Waals surface area contributed by atoms with Crippen LogP contribution in [0.25, 0.3) is 0 Å². The second-order valence-corrected chi connectivity index (χ2v) is 3.81. The van der Waals surface area contributed by atoms with Crippen molar-refractivity contribution in [3.63, 3.8) is 0 Å². The van der Waals surface area contributed by atoms with Crippen LogP contribution < -0.4 is 5.73 Å². The maximum Gasteiger partial charge on any atom is 0.191 e. The number of morpholine rings is 1. The van der Waals surface area contributed by atoms with E-state index in [4.69, 9.17) is 10.5 Å². The molecule has 0 atom stereocenters. The zero-order valence-electron chi connectivity index (χ0n) is 10.0. The van der Waals surface area contributed by atoms with Gasteiger partial charge < -0.3 is 19.9 Å². The summed E-state index contributed by atoms with van der Waals surface area (Å²) in [6.07, 6.45) is 1.70. The van der Waals surface area contributed by atoms with Crippen LogP contribution >= 0.6 is 0 Å². The summed E-state index contributed by atoms with van der Waals surface area (Å²) in [7, 11) is 0. The van der Waals surface area contributed by atoms with E-state index in [-0.39, 0.29) is 0 Å². The number of rotatable bonds is 3. The van der Waals surface area contributed by atoms with Crippen molar-refractivity contribution in [1.82, 2.24) is 19.7 Å². The molecule has 1 aromatic rings. The summed E-state index contributed by atoms with van der Waals surface area (Å²) in [5, 5.41) is 7.86. The van der Waals surface area contributed by atoms with Gasteiger partial charge in [0.2, 0.25) is 0 Å². The Balaban J connectivity index is 1.95. The van der Waals surface area contributed by atoms with Crippen molar-refractivity contribution >= 4 is 5.96 Å². The van der Waals surface area contributed by atoms with Crippen LogP contribution in [0.2, 0.25) is 0 Å². The quantitative estimate of drug-likeness (QED) is 0.564. The van der Waals surface area contributed by atoms with Crippen molar-refractivity contribution < 1.29 is 4.74 Å². The Hall–Kier alpha value is -1.63. The molecule has 1 aliphatic heterocycles. The minimum absolute atomic E-state index is 0.469. The Kier molecular flexibility index (Phi) is 3.92. The van der Waals surface area contributed by atoms with E-state index in [1.54, 1.807) is 6.33 Å². The first-order chi connectivity index (χ1) is 8.31. The van der Waals surface area contributed by atoms with Crippen molar-refractivity contribution in [3.05, 3.63) is 12.2 Å². The first-order valence-electron chi connectivity index (χ1n) is 5.80. The van der Waals surface area contributed by atoms with Crippen LogP contribution in [-0.4, -0.2) is 51.9 Å². The van der Waals surface area contributed by atoms with Crippen molar-refractivity contribution in [2.45, 2.75) is 20.0 Å². The molecule has 7 nitrogen and oxygen atoms in total. The third kappa shape index (κ3) is 2.94. The molecule has 0 aromatic carbocycles. The van der Waals surface area contributed by atoms with Gasteiger partial charge in [-0.15, -0.1) is 10.2 Å². The molecule has 1 fully saturated rings. The zero-order valence-corrected chi connectivity index (χ0v) is 10.0. The van der Waals surface area contributed by atoms with Crippen LogP contribution in [0.15, 0.2) is 11.3 Å². The van der Waals surface area contributed by atoms with E-state index in [1.165, 1.54) is 0 Å². The van der Waals surface area contributed by atoms with Gasteiger partial charge in [0.1, 0.15) is 12.9 Å². The van der Waals surface area contributed by atoms with E-state index in [1.807, 2.05) is 16.4 Å². The van der Waals surface area contributed by atoms with Crippen molar-refractivity contribution in [2.24, 2.45) is 10.7 Å². The molecule has 1 saturated heterocycles. The molecule has 7 heteroatoms. The summed E-state index contributed by atoms with van der Waals surface area (Å²) >= 11 is 0. The van der Waals surface area contributed by atoms with Crippen LogP contribution in [0.5, 0.6) is 0 Å². The molecule has 94 valence electrons. The molecule has 2 N–H and O–H groups in total. The summed E-state index contributed by atoms with van der Waals surface area (Å²) in [5.74, 6) is 1.39. The fourth-order valence-corrected chi connectivity index (χ4v) is 1.71. The van der Waals surface area contributed by atoms with Gasteiger partial charge in [0.25, 0.3) is 0 Å². The molecule has 0 spiro atoms. The number of ether oxygens (including phenoxy) is 1. The predicted octanol–water partition coefficient (Wildman–Crippen LogP) is -0.555. The highest BCUT2D eigenvalue weighted by molar-refractivity contribution is 5.78. The highest BCUT2D eigenvalue weighted by Gasteiger charge is 2.12. The van der Waals surface area contributed by atoms with Crippen LogP contribution in [0.1, 0.15) is 12.7 Å². The Bertz CT molecular complexity index is 382. The van der Waals surface area contributed by atoms with Gasteiger partial charge >= 0.3 is 0 Å². The minimum atomic E-state index is 0.469. The van der Waals surface area contributed by atoms with Crippen LogP contribution in [0, 0.1) is 0 Å². The SMILES string of the molecule is CCn1cnnc1CN=C(N)N1CCOCC1. The molecule has 2 rings (SSSR count). The predicted molar refractivity (Wildman–Crippen MR) is 63.4 cm³/mol. The third-order valence-corrected chi connectivity index (χ3v) is 2.75. The van der Waals surface area contributed by atoms with Crippen molar-refractivity contribution in [2.75, 3.05) is 26.3 Å². The molecule has 0 aliphatic carbocycles. The van der Waals surface area contributed by atoms with Gasteiger partial charge in [-0.2, -0.15) is 0 Å². The fourth-order valence-electron chi connectivity index (χ4n) is 1.71. The van der Waals surface area contributed by atoms with Crippen LogP contribution in [0.3, 0.4) is 0 Å². The Morgan fingerprint density at radius 3 is 3.00 bits per heavy atom. The summed E-state index contributed by atoms with van der Waals surface area (Å²) in [5.41, 5.74) is 5.92. The molecular weight excluding hydrogens is 220 g/mol. The summed E-state index contributed by atoms with van der Waals surface area (Å²) in [6.45, 7) is 6.38. The monoisotopic (exact) mass is 238 g/mol. The Morgan fingerprint density at radius 2 is 2.29 bits per heavy atom. The van der Waals surface area contributed by atoms with Gasteiger partial charge in [0.15, 0.2) is 11.8 Å².